The zero-order chi connectivity index (χ0) is 14.6. The van der Waals surface area contributed by atoms with Gasteiger partial charge < -0.3 is 10.2 Å². The fourth-order valence-electron chi connectivity index (χ4n) is 1.17. The van der Waals surface area contributed by atoms with E-state index in [1.165, 1.54) is 0 Å². The molecule has 0 spiro atoms. The molecule has 1 aromatic carbocycles. The lowest BCUT2D eigenvalue weighted by atomic mass is 10.2. The van der Waals surface area contributed by atoms with Gasteiger partial charge in [0, 0.05) is 31.9 Å². The highest BCUT2D eigenvalue weighted by molar-refractivity contribution is 5.94. The number of carbonyl (C=O) groups is 1. The predicted octanol–water partition coefficient (Wildman–Crippen LogP) is 3.55. The predicted molar refractivity (Wildman–Crippen MR) is 81.5 cm³/mol. The van der Waals surface area contributed by atoms with Crippen molar-refractivity contribution in [2.75, 3.05) is 25.5 Å². The fourth-order valence-corrected chi connectivity index (χ4v) is 1.17. The van der Waals surface area contributed by atoms with Crippen LogP contribution in [0.15, 0.2) is 24.3 Å². The molecule has 0 aliphatic heterocycles. The SMILES string of the molecule is CC.CC.CCNC(=O)c1ccc(N(C)C)cc1. The number of carbonyl (C=O) groups excluding carboxylic acids is 1. The first-order chi connectivity index (χ1) is 8.65. The van der Waals surface area contributed by atoms with E-state index in [0.717, 1.165) is 5.69 Å². The Balaban J connectivity index is 0. The first kappa shape index (κ1) is 18.8. The highest BCUT2D eigenvalue weighted by Gasteiger charge is 2.03. The average molecular weight is 252 g/mol. The van der Waals surface area contributed by atoms with Gasteiger partial charge in [-0.05, 0) is 31.2 Å². The molecule has 0 fully saturated rings. The third-order valence-corrected chi connectivity index (χ3v) is 1.98. The van der Waals surface area contributed by atoms with Crippen molar-refractivity contribution < 1.29 is 4.79 Å². The Hall–Kier alpha value is -1.51. The Morgan fingerprint density at radius 1 is 1.06 bits per heavy atom. The van der Waals surface area contributed by atoms with E-state index in [1.54, 1.807) is 0 Å². The van der Waals surface area contributed by atoms with Gasteiger partial charge in [0.1, 0.15) is 0 Å². The molecule has 0 aliphatic rings. The summed E-state index contributed by atoms with van der Waals surface area (Å²) < 4.78 is 0. The molecule has 0 saturated carbocycles. The second-order valence-corrected chi connectivity index (χ2v) is 3.30. The summed E-state index contributed by atoms with van der Waals surface area (Å²) in [7, 11) is 3.95. The van der Waals surface area contributed by atoms with E-state index < -0.39 is 0 Å². The number of benzene rings is 1. The van der Waals surface area contributed by atoms with E-state index in [4.69, 9.17) is 0 Å². The van der Waals surface area contributed by atoms with Crippen LogP contribution in [-0.4, -0.2) is 26.5 Å². The van der Waals surface area contributed by atoms with Crippen molar-refractivity contribution in [1.82, 2.24) is 5.32 Å². The summed E-state index contributed by atoms with van der Waals surface area (Å²) in [5.41, 5.74) is 1.80. The molecule has 3 heteroatoms. The second kappa shape index (κ2) is 12.0. The molecule has 0 saturated heterocycles. The van der Waals surface area contributed by atoms with Crippen molar-refractivity contribution in [3.05, 3.63) is 29.8 Å². The maximum atomic E-state index is 11.4. The van der Waals surface area contributed by atoms with E-state index in [-0.39, 0.29) is 5.91 Å². The van der Waals surface area contributed by atoms with Crippen LogP contribution >= 0.6 is 0 Å². The third kappa shape index (κ3) is 6.94. The molecular formula is C15H28N2O. The molecule has 0 aliphatic carbocycles. The van der Waals surface area contributed by atoms with Crippen molar-refractivity contribution in [3.8, 4) is 0 Å². The highest BCUT2D eigenvalue weighted by atomic mass is 16.1. The number of nitrogens with zero attached hydrogens (tertiary/aromatic N) is 1. The standard InChI is InChI=1S/C11H16N2O.2C2H6/c1-4-12-11(14)9-5-7-10(8-6-9)13(2)3;2*1-2/h5-8H,4H2,1-3H3,(H,12,14);2*1-2H3. The number of rotatable bonds is 3. The smallest absolute Gasteiger partial charge is 0.251 e. The first-order valence-corrected chi connectivity index (χ1v) is 6.70. The van der Waals surface area contributed by atoms with Crippen LogP contribution in [0.2, 0.25) is 0 Å². The van der Waals surface area contributed by atoms with Gasteiger partial charge in [-0.3, -0.25) is 4.79 Å². The molecule has 1 aromatic rings. The molecule has 18 heavy (non-hydrogen) atoms. The summed E-state index contributed by atoms with van der Waals surface area (Å²) in [5, 5.41) is 2.76. The van der Waals surface area contributed by atoms with E-state index in [9.17, 15) is 4.79 Å². The lowest BCUT2D eigenvalue weighted by molar-refractivity contribution is 0.0956. The minimum atomic E-state index is -0.0159. The summed E-state index contributed by atoms with van der Waals surface area (Å²) in [5.74, 6) is -0.0159. The van der Waals surface area contributed by atoms with Gasteiger partial charge in [0.25, 0.3) is 5.91 Å². The van der Waals surface area contributed by atoms with Gasteiger partial charge in [-0.15, -0.1) is 0 Å². The zero-order valence-corrected chi connectivity index (χ0v) is 12.9. The lowest BCUT2D eigenvalue weighted by Crippen LogP contribution is -2.22. The Labute approximate surface area is 112 Å². The maximum Gasteiger partial charge on any atom is 0.251 e. The molecule has 0 radical (unpaired) electrons. The van der Waals surface area contributed by atoms with Gasteiger partial charge in [-0.25, -0.2) is 0 Å². The minimum absolute atomic E-state index is 0.0159. The van der Waals surface area contributed by atoms with Gasteiger partial charge in [0.2, 0.25) is 0 Å². The monoisotopic (exact) mass is 252 g/mol. The molecule has 104 valence electrons. The van der Waals surface area contributed by atoms with Gasteiger partial charge in [-0.2, -0.15) is 0 Å². The summed E-state index contributed by atoms with van der Waals surface area (Å²) in [6.07, 6.45) is 0. The van der Waals surface area contributed by atoms with Crippen LogP contribution in [0.25, 0.3) is 0 Å². The molecule has 0 bridgehead atoms. The molecule has 0 atom stereocenters. The molecular weight excluding hydrogens is 224 g/mol. The molecule has 3 nitrogen and oxygen atoms in total. The van der Waals surface area contributed by atoms with Crippen LogP contribution in [0.5, 0.6) is 0 Å². The molecule has 1 N–H and O–H groups in total. The van der Waals surface area contributed by atoms with Crippen LogP contribution in [0.1, 0.15) is 45.0 Å². The summed E-state index contributed by atoms with van der Waals surface area (Å²) >= 11 is 0. The summed E-state index contributed by atoms with van der Waals surface area (Å²) in [6, 6.07) is 7.54. The van der Waals surface area contributed by atoms with Crippen molar-refractivity contribution in [3.63, 3.8) is 0 Å². The Morgan fingerprint density at radius 3 is 1.83 bits per heavy atom. The summed E-state index contributed by atoms with van der Waals surface area (Å²) in [6.45, 7) is 10.6. The van der Waals surface area contributed by atoms with Crippen LogP contribution in [0.3, 0.4) is 0 Å². The average Bonchev–Trinajstić information content (AvgIpc) is 2.43. The number of amides is 1. The quantitative estimate of drug-likeness (QED) is 0.892. The molecule has 0 heterocycles. The highest BCUT2D eigenvalue weighted by Crippen LogP contribution is 2.11. The van der Waals surface area contributed by atoms with Gasteiger partial charge >= 0.3 is 0 Å². The Bertz CT molecular complexity index is 305. The number of hydrogen-bond acceptors (Lipinski definition) is 2. The Kier molecular flexibility index (Phi) is 12.5. The number of hydrogen-bond donors (Lipinski definition) is 1. The van der Waals surface area contributed by atoms with E-state index >= 15 is 0 Å². The van der Waals surface area contributed by atoms with Crippen molar-refractivity contribution in [2.24, 2.45) is 0 Å². The fraction of sp³-hybridized carbons (Fsp3) is 0.533. The molecule has 0 aromatic heterocycles. The molecule has 1 rings (SSSR count). The van der Waals surface area contributed by atoms with Crippen LogP contribution in [0.4, 0.5) is 5.69 Å². The minimum Gasteiger partial charge on any atom is -0.378 e. The topological polar surface area (TPSA) is 32.3 Å². The summed E-state index contributed by atoms with van der Waals surface area (Å²) in [4.78, 5) is 13.4. The van der Waals surface area contributed by atoms with Gasteiger partial charge in [0.15, 0.2) is 0 Å². The van der Waals surface area contributed by atoms with Crippen LogP contribution in [0, 0.1) is 0 Å². The van der Waals surface area contributed by atoms with E-state index in [0.29, 0.717) is 12.1 Å². The first-order valence-electron chi connectivity index (χ1n) is 6.70. The lowest BCUT2D eigenvalue weighted by Gasteiger charge is -2.12. The molecule has 1 amide bonds. The normalized spacial score (nSPS) is 8.17. The van der Waals surface area contributed by atoms with E-state index in [1.807, 2.05) is 77.9 Å². The Morgan fingerprint density at radius 2 is 1.50 bits per heavy atom. The third-order valence-electron chi connectivity index (χ3n) is 1.98. The van der Waals surface area contributed by atoms with Crippen LogP contribution in [-0.2, 0) is 0 Å². The number of nitrogens with one attached hydrogen (secondary N) is 1. The second-order valence-electron chi connectivity index (χ2n) is 3.30. The van der Waals surface area contributed by atoms with Crippen molar-refractivity contribution in [1.29, 1.82) is 0 Å². The zero-order valence-electron chi connectivity index (χ0n) is 12.9. The molecule has 0 unspecified atom stereocenters. The van der Waals surface area contributed by atoms with Crippen molar-refractivity contribution >= 4 is 11.6 Å². The van der Waals surface area contributed by atoms with Crippen molar-refractivity contribution in [2.45, 2.75) is 34.6 Å². The van der Waals surface area contributed by atoms with E-state index in [2.05, 4.69) is 5.32 Å². The maximum absolute atomic E-state index is 11.4. The van der Waals surface area contributed by atoms with Gasteiger partial charge in [-0.1, -0.05) is 27.7 Å². The van der Waals surface area contributed by atoms with Gasteiger partial charge in [0.05, 0.1) is 0 Å². The van der Waals surface area contributed by atoms with Crippen LogP contribution < -0.4 is 10.2 Å². The number of anilines is 1. The largest absolute Gasteiger partial charge is 0.378 e.